The third-order valence-corrected chi connectivity index (χ3v) is 3.96. The van der Waals surface area contributed by atoms with Crippen LogP contribution >= 0.6 is 0 Å². The number of para-hydroxylation sites is 2. The molecule has 0 bridgehead atoms. The van der Waals surface area contributed by atoms with E-state index < -0.39 is 0 Å². The van der Waals surface area contributed by atoms with E-state index in [0.717, 1.165) is 19.3 Å². The van der Waals surface area contributed by atoms with E-state index in [4.69, 9.17) is 0 Å². The van der Waals surface area contributed by atoms with Gasteiger partial charge in [-0.1, -0.05) is 50.5 Å². The second-order valence-corrected chi connectivity index (χ2v) is 6.00. The SMILES string of the molecule is CCCCCCC(N=Cc1ccccc1O)N=Cc1ccccc1O. The molecule has 0 fully saturated rings. The van der Waals surface area contributed by atoms with E-state index in [-0.39, 0.29) is 17.7 Å². The highest BCUT2D eigenvalue weighted by Crippen LogP contribution is 2.16. The first-order chi connectivity index (χ1) is 12.2. The van der Waals surface area contributed by atoms with Gasteiger partial charge in [-0.25, -0.2) is 0 Å². The molecule has 2 N–H and O–H groups in total. The van der Waals surface area contributed by atoms with Crippen LogP contribution in [0.25, 0.3) is 0 Å². The number of phenolic OH excluding ortho intramolecular Hbond substituents is 2. The zero-order valence-corrected chi connectivity index (χ0v) is 14.7. The van der Waals surface area contributed by atoms with Gasteiger partial charge in [0, 0.05) is 23.6 Å². The number of hydrogen-bond acceptors (Lipinski definition) is 4. The van der Waals surface area contributed by atoms with Gasteiger partial charge in [0.05, 0.1) is 0 Å². The fourth-order valence-electron chi connectivity index (χ4n) is 2.47. The first-order valence-electron chi connectivity index (χ1n) is 8.83. The van der Waals surface area contributed by atoms with Crippen molar-refractivity contribution in [2.24, 2.45) is 9.98 Å². The molecule has 132 valence electrons. The van der Waals surface area contributed by atoms with E-state index >= 15 is 0 Å². The van der Waals surface area contributed by atoms with Gasteiger partial charge in [0.25, 0.3) is 0 Å². The van der Waals surface area contributed by atoms with Crippen molar-refractivity contribution in [3.63, 3.8) is 0 Å². The Morgan fingerprint density at radius 3 is 1.80 bits per heavy atom. The maximum atomic E-state index is 9.85. The van der Waals surface area contributed by atoms with Gasteiger partial charge in [0.15, 0.2) is 0 Å². The molecule has 0 amide bonds. The van der Waals surface area contributed by atoms with E-state index in [2.05, 4.69) is 16.9 Å². The summed E-state index contributed by atoms with van der Waals surface area (Å²) in [7, 11) is 0. The summed E-state index contributed by atoms with van der Waals surface area (Å²) in [5, 5.41) is 19.7. The third-order valence-electron chi connectivity index (χ3n) is 3.96. The Balaban J connectivity index is 2.09. The zero-order chi connectivity index (χ0) is 17.9. The maximum Gasteiger partial charge on any atom is 0.139 e. The average Bonchev–Trinajstić information content (AvgIpc) is 2.62. The summed E-state index contributed by atoms with van der Waals surface area (Å²) < 4.78 is 0. The molecule has 2 aromatic rings. The summed E-state index contributed by atoms with van der Waals surface area (Å²) in [4.78, 5) is 9.07. The molecule has 4 heteroatoms. The van der Waals surface area contributed by atoms with E-state index in [1.165, 1.54) is 12.8 Å². The number of unbranched alkanes of at least 4 members (excludes halogenated alkanes) is 3. The summed E-state index contributed by atoms with van der Waals surface area (Å²) >= 11 is 0. The van der Waals surface area contributed by atoms with Crippen LogP contribution in [0.3, 0.4) is 0 Å². The molecule has 0 aromatic heterocycles. The van der Waals surface area contributed by atoms with Crippen molar-refractivity contribution in [3.05, 3.63) is 59.7 Å². The first-order valence-corrected chi connectivity index (χ1v) is 8.83. The normalized spacial score (nSPS) is 12.8. The Labute approximate surface area is 149 Å². The predicted molar refractivity (Wildman–Crippen MR) is 104 cm³/mol. The molecule has 0 aliphatic rings. The van der Waals surface area contributed by atoms with Crippen molar-refractivity contribution in [2.45, 2.75) is 45.2 Å². The second kappa shape index (κ2) is 10.3. The number of hydrogen-bond donors (Lipinski definition) is 2. The van der Waals surface area contributed by atoms with Crippen LogP contribution in [-0.2, 0) is 0 Å². The molecule has 0 radical (unpaired) electrons. The van der Waals surface area contributed by atoms with Crippen LogP contribution in [0.1, 0.15) is 50.2 Å². The number of rotatable bonds is 9. The number of phenols is 2. The lowest BCUT2D eigenvalue weighted by molar-refractivity contribution is 0.474. The van der Waals surface area contributed by atoms with Crippen molar-refractivity contribution >= 4 is 12.4 Å². The molecule has 25 heavy (non-hydrogen) atoms. The molecule has 0 spiro atoms. The summed E-state index contributed by atoms with van der Waals surface area (Å²) in [5.41, 5.74) is 1.36. The lowest BCUT2D eigenvalue weighted by Crippen LogP contribution is -2.03. The van der Waals surface area contributed by atoms with E-state index in [1.807, 2.05) is 24.3 Å². The third kappa shape index (κ3) is 6.42. The molecule has 0 unspecified atom stereocenters. The number of aliphatic imine (C=N–C) groups is 2. The first kappa shape index (κ1) is 18.7. The maximum absolute atomic E-state index is 9.85. The largest absolute Gasteiger partial charge is 0.507 e. The fraction of sp³-hybridized carbons (Fsp3) is 0.333. The van der Waals surface area contributed by atoms with Crippen LogP contribution < -0.4 is 0 Å². The number of benzene rings is 2. The summed E-state index contributed by atoms with van der Waals surface area (Å²) in [6, 6.07) is 14.2. The summed E-state index contributed by atoms with van der Waals surface area (Å²) in [5.74, 6) is 0.418. The van der Waals surface area contributed by atoms with Crippen LogP contribution in [-0.4, -0.2) is 28.8 Å². The molecule has 0 aliphatic heterocycles. The van der Waals surface area contributed by atoms with Crippen molar-refractivity contribution in [2.75, 3.05) is 0 Å². The van der Waals surface area contributed by atoms with Gasteiger partial charge in [0.1, 0.15) is 17.7 Å². The molecule has 0 heterocycles. The smallest absolute Gasteiger partial charge is 0.139 e. The minimum atomic E-state index is -0.226. The monoisotopic (exact) mass is 338 g/mol. The molecule has 2 rings (SSSR count). The van der Waals surface area contributed by atoms with Crippen molar-refractivity contribution in [1.82, 2.24) is 0 Å². The van der Waals surface area contributed by atoms with Crippen LogP contribution in [0.2, 0.25) is 0 Å². The minimum Gasteiger partial charge on any atom is -0.507 e. The Bertz CT molecular complexity index is 655. The molecule has 0 atom stereocenters. The van der Waals surface area contributed by atoms with Gasteiger partial charge in [-0.3, -0.25) is 9.98 Å². The molecule has 2 aromatic carbocycles. The average molecular weight is 338 g/mol. The molecular weight excluding hydrogens is 312 g/mol. The van der Waals surface area contributed by atoms with Gasteiger partial charge < -0.3 is 10.2 Å². The Morgan fingerprint density at radius 2 is 1.32 bits per heavy atom. The molecule has 0 aliphatic carbocycles. The van der Waals surface area contributed by atoms with Crippen molar-refractivity contribution < 1.29 is 10.2 Å². The van der Waals surface area contributed by atoms with E-state index in [1.54, 1.807) is 36.7 Å². The Hall–Kier alpha value is -2.62. The van der Waals surface area contributed by atoms with Gasteiger partial charge in [-0.05, 0) is 37.1 Å². The highest BCUT2D eigenvalue weighted by Gasteiger charge is 2.05. The van der Waals surface area contributed by atoms with Crippen molar-refractivity contribution in [1.29, 1.82) is 0 Å². The van der Waals surface area contributed by atoms with Gasteiger partial charge >= 0.3 is 0 Å². The van der Waals surface area contributed by atoms with Gasteiger partial charge in [-0.15, -0.1) is 0 Å². The topological polar surface area (TPSA) is 65.2 Å². The van der Waals surface area contributed by atoms with E-state index in [9.17, 15) is 10.2 Å². The van der Waals surface area contributed by atoms with Crippen LogP contribution in [0.4, 0.5) is 0 Å². The highest BCUT2D eigenvalue weighted by molar-refractivity contribution is 5.84. The summed E-state index contributed by atoms with van der Waals surface area (Å²) in [6.45, 7) is 2.18. The number of aromatic hydroxyl groups is 2. The lowest BCUT2D eigenvalue weighted by atomic mass is 10.1. The van der Waals surface area contributed by atoms with Crippen LogP contribution in [0, 0.1) is 0 Å². The van der Waals surface area contributed by atoms with Crippen LogP contribution in [0.15, 0.2) is 58.5 Å². The Kier molecular flexibility index (Phi) is 7.70. The highest BCUT2D eigenvalue weighted by atomic mass is 16.3. The predicted octanol–water partition coefficient (Wildman–Crippen LogP) is 4.93. The quantitative estimate of drug-likeness (QED) is 0.503. The zero-order valence-electron chi connectivity index (χ0n) is 14.7. The Morgan fingerprint density at radius 1 is 0.800 bits per heavy atom. The lowest BCUT2D eigenvalue weighted by Gasteiger charge is -2.08. The molecule has 4 nitrogen and oxygen atoms in total. The molecule has 0 saturated heterocycles. The van der Waals surface area contributed by atoms with Crippen LogP contribution in [0.5, 0.6) is 11.5 Å². The minimum absolute atomic E-state index is 0.209. The fourth-order valence-corrected chi connectivity index (χ4v) is 2.47. The van der Waals surface area contributed by atoms with Crippen molar-refractivity contribution in [3.8, 4) is 11.5 Å². The van der Waals surface area contributed by atoms with Gasteiger partial charge in [0.2, 0.25) is 0 Å². The van der Waals surface area contributed by atoms with Gasteiger partial charge in [-0.2, -0.15) is 0 Å². The second-order valence-electron chi connectivity index (χ2n) is 6.00. The standard InChI is InChI=1S/C21H26N2O2/c1-2-3-4-5-14-21(22-15-17-10-6-8-12-19(17)24)23-16-18-11-7-9-13-20(18)25/h6-13,15-16,21,24-25H,2-5,14H2,1H3. The molecule has 0 saturated carbocycles. The molecular formula is C21H26N2O2. The number of nitrogens with zero attached hydrogens (tertiary/aromatic N) is 2. The summed E-state index contributed by atoms with van der Waals surface area (Å²) in [6.07, 6.45) is 8.56. The van der Waals surface area contributed by atoms with E-state index in [0.29, 0.717) is 11.1 Å².